The molecule has 0 aliphatic heterocycles. The van der Waals surface area contributed by atoms with E-state index in [1.54, 1.807) is 24.1 Å². The van der Waals surface area contributed by atoms with Crippen molar-refractivity contribution in [2.24, 2.45) is 0 Å². The van der Waals surface area contributed by atoms with Crippen LogP contribution in [0.15, 0.2) is 36.5 Å². The van der Waals surface area contributed by atoms with E-state index in [-0.39, 0.29) is 0 Å². The van der Waals surface area contributed by atoms with Crippen molar-refractivity contribution in [2.45, 2.75) is 12.6 Å². The summed E-state index contributed by atoms with van der Waals surface area (Å²) < 4.78 is 6.62. The normalized spacial score (nSPS) is 12.4. The number of benzene rings is 1. The van der Waals surface area contributed by atoms with Crippen LogP contribution in [-0.2, 0) is 6.54 Å². The van der Waals surface area contributed by atoms with Crippen LogP contribution in [0.25, 0.3) is 0 Å². The van der Waals surface area contributed by atoms with E-state index in [9.17, 15) is 5.11 Å². The molecule has 17 heavy (non-hydrogen) atoms. The predicted molar refractivity (Wildman–Crippen MR) is 64.6 cm³/mol. The van der Waals surface area contributed by atoms with Crippen molar-refractivity contribution in [2.75, 3.05) is 12.8 Å². The molecular formula is C12H15N3O2. The van der Waals surface area contributed by atoms with Crippen molar-refractivity contribution in [3.63, 3.8) is 0 Å². The lowest BCUT2D eigenvalue weighted by Crippen LogP contribution is -2.12. The van der Waals surface area contributed by atoms with Gasteiger partial charge < -0.3 is 15.6 Å². The zero-order chi connectivity index (χ0) is 12.3. The Kier molecular flexibility index (Phi) is 3.30. The molecule has 1 heterocycles. The van der Waals surface area contributed by atoms with Crippen LogP contribution in [0, 0.1) is 0 Å². The van der Waals surface area contributed by atoms with Gasteiger partial charge in [-0.3, -0.25) is 0 Å². The number of ether oxygens (including phenoxy) is 1. The van der Waals surface area contributed by atoms with Gasteiger partial charge in [0.2, 0.25) is 0 Å². The molecule has 3 N–H and O–H groups in total. The third kappa shape index (κ3) is 2.57. The maximum absolute atomic E-state index is 10.0. The standard InChI is InChI=1S/C12H15N3O2/c1-17-10-4-2-9(3-5-10)11(16)8-15-12(13)6-7-14-15/h2-7,11,16H,8,13H2,1H3. The number of aliphatic hydroxyl groups is 1. The van der Waals surface area contributed by atoms with E-state index < -0.39 is 6.10 Å². The Morgan fingerprint density at radius 1 is 1.35 bits per heavy atom. The van der Waals surface area contributed by atoms with Gasteiger partial charge in [0.25, 0.3) is 0 Å². The third-order valence-electron chi connectivity index (χ3n) is 2.60. The molecule has 5 nitrogen and oxygen atoms in total. The highest BCUT2D eigenvalue weighted by Gasteiger charge is 2.10. The van der Waals surface area contributed by atoms with Crippen molar-refractivity contribution in [3.05, 3.63) is 42.1 Å². The van der Waals surface area contributed by atoms with Crippen LogP contribution in [0.5, 0.6) is 5.75 Å². The van der Waals surface area contributed by atoms with E-state index in [4.69, 9.17) is 10.5 Å². The minimum Gasteiger partial charge on any atom is -0.497 e. The number of anilines is 1. The lowest BCUT2D eigenvalue weighted by molar-refractivity contribution is 0.152. The van der Waals surface area contributed by atoms with Gasteiger partial charge >= 0.3 is 0 Å². The molecule has 1 atom stereocenters. The van der Waals surface area contributed by atoms with E-state index in [1.807, 2.05) is 24.3 Å². The summed E-state index contributed by atoms with van der Waals surface area (Å²) >= 11 is 0. The number of nitrogens with zero attached hydrogens (tertiary/aromatic N) is 2. The second-order valence-electron chi connectivity index (χ2n) is 3.73. The SMILES string of the molecule is COc1ccc(C(O)Cn2nccc2N)cc1. The van der Waals surface area contributed by atoms with Crippen molar-refractivity contribution in [1.82, 2.24) is 9.78 Å². The van der Waals surface area contributed by atoms with Crippen molar-refractivity contribution < 1.29 is 9.84 Å². The topological polar surface area (TPSA) is 73.3 Å². The average molecular weight is 233 g/mol. The molecule has 0 saturated heterocycles. The second-order valence-corrected chi connectivity index (χ2v) is 3.73. The Morgan fingerprint density at radius 2 is 2.06 bits per heavy atom. The summed E-state index contributed by atoms with van der Waals surface area (Å²) in [6.07, 6.45) is 0.971. The van der Waals surface area contributed by atoms with Gasteiger partial charge in [0.05, 0.1) is 26.0 Å². The van der Waals surface area contributed by atoms with Crippen molar-refractivity contribution in [3.8, 4) is 5.75 Å². The quantitative estimate of drug-likeness (QED) is 0.832. The molecule has 2 aromatic rings. The van der Waals surface area contributed by atoms with Crippen LogP contribution >= 0.6 is 0 Å². The highest BCUT2D eigenvalue weighted by molar-refractivity contribution is 5.29. The molecule has 2 rings (SSSR count). The van der Waals surface area contributed by atoms with Gasteiger partial charge in [0.15, 0.2) is 0 Å². The smallest absolute Gasteiger partial charge is 0.121 e. The van der Waals surface area contributed by atoms with Crippen molar-refractivity contribution in [1.29, 1.82) is 0 Å². The summed E-state index contributed by atoms with van der Waals surface area (Å²) in [6, 6.07) is 8.96. The number of aromatic nitrogens is 2. The number of aliphatic hydroxyl groups excluding tert-OH is 1. The highest BCUT2D eigenvalue weighted by atomic mass is 16.5. The van der Waals surface area contributed by atoms with Crippen LogP contribution in [0.4, 0.5) is 5.82 Å². The molecule has 1 unspecified atom stereocenters. The minimum absolute atomic E-state index is 0.338. The summed E-state index contributed by atoms with van der Waals surface area (Å²) in [7, 11) is 1.61. The van der Waals surface area contributed by atoms with Crippen LogP contribution in [0.1, 0.15) is 11.7 Å². The molecule has 5 heteroatoms. The third-order valence-corrected chi connectivity index (χ3v) is 2.60. The molecule has 0 saturated carbocycles. The first-order valence-electron chi connectivity index (χ1n) is 5.30. The Hall–Kier alpha value is -2.01. The number of methoxy groups -OCH3 is 1. The zero-order valence-corrected chi connectivity index (χ0v) is 9.58. The molecule has 0 spiro atoms. The van der Waals surface area contributed by atoms with Gasteiger partial charge in [0.1, 0.15) is 11.6 Å². The molecule has 0 amide bonds. The molecule has 0 aliphatic rings. The first-order chi connectivity index (χ1) is 8.20. The van der Waals surface area contributed by atoms with Gasteiger partial charge in [0, 0.05) is 0 Å². The fraction of sp³-hybridized carbons (Fsp3) is 0.250. The molecule has 0 fully saturated rings. The summed E-state index contributed by atoms with van der Waals surface area (Å²) in [5, 5.41) is 14.0. The Labute approximate surface area is 99.4 Å². The first kappa shape index (κ1) is 11.5. The summed E-state index contributed by atoms with van der Waals surface area (Å²) in [5.41, 5.74) is 6.49. The van der Waals surface area contributed by atoms with E-state index in [1.165, 1.54) is 0 Å². The van der Waals surface area contributed by atoms with Crippen LogP contribution in [-0.4, -0.2) is 22.0 Å². The van der Waals surface area contributed by atoms with Gasteiger partial charge in [-0.1, -0.05) is 12.1 Å². The van der Waals surface area contributed by atoms with E-state index in [0.717, 1.165) is 11.3 Å². The monoisotopic (exact) mass is 233 g/mol. The predicted octanol–water partition coefficient (Wildman–Crippen LogP) is 1.21. The number of hydrogen-bond acceptors (Lipinski definition) is 4. The van der Waals surface area contributed by atoms with Gasteiger partial charge in [-0.05, 0) is 23.8 Å². The number of nitrogens with two attached hydrogens (primary N) is 1. The van der Waals surface area contributed by atoms with Crippen LogP contribution in [0.2, 0.25) is 0 Å². The fourth-order valence-corrected chi connectivity index (χ4v) is 1.59. The molecule has 1 aromatic heterocycles. The Balaban J connectivity index is 2.09. The summed E-state index contributed by atoms with van der Waals surface area (Å²) in [5.74, 6) is 1.30. The van der Waals surface area contributed by atoms with Gasteiger partial charge in [-0.15, -0.1) is 0 Å². The maximum Gasteiger partial charge on any atom is 0.121 e. The van der Waals surface area contributed by atoms with Gasteiger partial charge in [-0.25, -0.2) is 4.68 Å². The van der Waals surface area contributed by atoms with E-state index in [0.29, 0.717) is 12.4 Å². The number of rotatable bonds is 4. The first-order valence-corrected chi connectivity index (χ1v) is 5.30. The Bertz CT molecular complexity index is 479. The fourth-order valence-electron chi connectivity index (χ4n) is 1.59. The minimum atomic E-state index is -0.636. The molecule has 0 bridgehead atoms. The van der Waals surface area contributed by atoms with Crippen molar-refractivity contribution >= 4 is 5.82 Å². The van der Waals surface area contributed by atoms with Gasteiger partial charge in [-0.2, -0.15) is 5.10 Å². The summed E-state index contributed by atoms with van der Waals surface area (Å²) in [6.45, 7) is 0.338. The lowest BCUT2D eigenvalue weighted by atomic mass is 10.1. The second kappa shape index (κ2) is 4.88. The van der Waals surface area contributed by atoms with E-state index in [2.05, 4.69) is 5.10 Å². The highest BCUT2D eigenvalue weighted by Crippen LogP contribution is 2.19. The largest absolute Gasteiger partial charge is 0.497 e. The molecule has 0 radical (unpaired) electrons. The molecule has 1 aromatic carbocycles. The molecular weight excluding hydrogens is 218 g/mol. The molecule has 0 aliphatic carbocycles. The molecule has 90 valence electrons. The average Bonchev–Trinajstić information content (AvgIpc) is 2.75. The summed E-state index contributed by atoms with van der Waals surface area (Å²) in [4.78, 5) is 0. The van der Waals surface area contributed by atoms with Crippen LogP contribution < -0.4 is 10.5 Å². The van der Waals surface area contributed by atoms with E-state index >= 15 is 0 Å². The Morgan fingerprint density at radius 3 is 2.59 bits per heavy atom. The zero-order valence-electron chi connectivity index (χ0n) is 9.58. The lowest BCUT2D eigenvalue weighted by Gasteiger charge is -2.12. The maximum atomic E-state index is 10.0. The number of nitrogen functional groups attached to an aromatic ring is 1. The van der Waals surface area contributed by atoms with Crippen LogP contribution in [0.3, 0.4) is 0 Å². The number of hydrogen-bond donors (Lipinski definition) is 2.